The number of carbonyl (C=O) groups is 3. The highest BCUT2D eigenvalue weighted by molar-refractivity contribution is 5.84. The molecular weight excluding hydrogens is 250 g/mol. The van der Waals surface area contributed by atoms with Gasteiger partial charge in [-0.05, 0) is 19.3 Å². The summed E-state index contributed by atoms with van der Waals surface area (Å²) in [4.78, 5) is 37.2. The molecule has 1 saturated heterocycles. The number of likely N-dealkylation sites (tertiary alicyclic amines) is 1. The van der Waals surface area contributed by atoms with Gasteiger partial charge in [-0.2, -0.15) is 0 Å². The Morgan fingerprint density at radius 2 is 2.11 bits per heavy atom. The van der Waals surface area contributed by atoms with Gasteiger partial charge in [0.05, 0.1) is 0 Å². The zero-order valence-corrected chi connectivity index (χ0v) is 11.4. The fraction of sp³-hybridized carbons (Fsp3) is 0.750. The number of urea groups is 1. The van der Waals surface area contributed by atoms with E-state index in [9.17, 15) is 14.4 Å². The molecular formula is C12H21N3O4. The van der Waals surface area contributed by atoms with E-state index in [2.05, 4.69) is 5.32 Å². The topological polar surface area (TPSA) is 90.0 Å². The normalized spacial score (nSPS) is 18.2. The first-order chi connectivity index (χ1) is 8.97. The van der Waals surface area contributed by atoms with Crippen molar-refractivity contribution in [3.63, 3.8) is 0 Å². The first-order valence-corrected chi connectivity index (χ1v) is 6.44. The quantitative estimate of drug-likeness (QED) is 0.735. The van der Waals surface area contributed by atoms with Crippen molar-refractivity contribution in [1.29, 1.82) is 0 Å². The number of rotatable bonds is 5. The number of carboxylic acids is 1. The molecule has 0 aliphatic carbocycles. The second-order valence-corrected chi connectivity index (χ2v) is 4.67. The minimum absolute atomic E-state index is 0.0140. The molecule has 0 aromatic carbocycles. The van der Waals surface area contributed by atoms with Crippen LogP contribution >= 0.6 is 0 Å². The number of hydrogen-bond acceptors (Lipinski definition) is 3. The Hall–Kier alpha value is -1.79. The van der Waals surface area contributed by atoms with E-state index in [1.807, 2.05) is 6.92 Å². The molecule has 2 N–H and O–H groups in total. The van der Waals surface area contributed by atoms with Gasteiger partial charge in [-0.3, -0.25) is 9.59 Å². The van der Waals surface area contributed by atoms with Gasteiger partial charge in [0.15, 0.2) is 0 Å². The number of aliphatic carboxylic acids is 1. The van der Waals surface area contributed by atoms with Crippen LogP contribution in [-0.2, 0) is 9.59 Å². The van der Waals surface area contributed by atoms with Gasteiger partial charge >= 0.3 is 12.0 Å². The Morgan fingerprint density at radius 3 is 2.63 bits per heavy atom. The lowest BCUT2D eigenvalue weighted by Crippen LogP contribution is -2.46. The summed E-state index contributed by atoms with van der Waals surface area (Å²) in [6, 6.07) is -0.195. The van der Waals surface area contributed by atoms with Crippen molar-refractivity contribution in [3.8, 4) is 0 Å². The Kier molecular flexibility index (Phi) is 5.59. The van der Waals surface area contributed by atoms with E-state index in [1.165, 1.54) is 11.9 Å². The smallest absolute Gasteiger partial charge is 0.320 e. The number of carboxylic acid groups (broad SMARTS) is 1. The van der Waals surface area contributed by atoms with Gasteiger partial charge in [-0.15, -0.1) is 0 Å². The van der Waals surface area contributed by atoms with Crippen molar-refractivity contribution in [2.45, 2.75) is 19.8 Å². The van der Waals surface area contributed by atoms with E-state index in [4.69, 9.17) is 5.11 Å². The molecule has 0 aromatic rings. The highest BCUT2D eigenvalue weighted by Gasteiger charge is 2.30. The van der Waals surface area contributed by atoms with Crippen molar-refractivity contribution in [3.05, 3.63) is 0 Å². The third kappa shape index (κ3) is 4.42. The van der Waals surface area contributed by atoms with Crippen LogP contribution in [0, 0.1) is 5.92 Å². The molecule has 1 aliphatic heterocycles. The predicted octanol–water partition coefficient (Wildman–Crippen LogP) is -0.0291. The van der Waals surface area contributed by atoms with Crippen LogP contribution in [0.2, 0.25) is 0 Å². The van der Waals surface area contributed by atoms with Crippen LogP contribution in [0.4, 0.5) is 4.79 Å². The fourth-order valence-corrected chi connectivity index (χ4v) is 2.19. The van der Waals surface area contributed by atoms with Crippen molar-refractivity contribution < 1.29 is 19.5 Å². The molecule has 0 radical (unpaired) electrons. The van der Waals surface area contributed by atoms with Crippen LogP contribution in [-0.4, -0.2) is 66.0 Å². The van der Waals surface area contributed by atoms with Gasteiger partial charge in [0.25, 0.3) is 0 Å². The molecule has 0 aromatic heterocycles. The number of nitrogens with one attached hydrogen (secondary N) is 1. The minimum Gasteiger partial charge on any atom is -0.481 e. The minimum atomic E-state index is -0.836. The number of nitrogens with zero attached hydrogens (tertiary/aromatic N) is 2. The van der Waals surface area contributed by atoms with Gasteiger partial charge in [0, 0.05) is 33.1 Å². The van der Waals surface area contributed by atoms with E-state index < -0.39 is 5.97 Å². The van der Waals surface area contributed by atoms with Crippen molar-refractivity contribution in [2.75, 3.05) is 33.2 Å². The number of amides is 3. The van der Waals surface area contributed by atoms with Crippen molar-refractivity contribution >= 4 is 17.9 Å². The van der Waals surface area contributed by atoms with E-state index in [1.54, 1.807) is 4.90 Å². The molecule has 108 valence electrons. The molecule has 1 aliphatic rings. The summed E-state index contributed by atoms with van der Waals surface area (Å²) in [7, 11) is 1.53. The van der Waals surface area contributed by atoms with Gasteiger partial charge < -0.3 is 20.2 Å². The van der Waals surface area contributed by atoms with Crippen LogP contribution < -0.4 is 5.32 Å². The van der Waals surface area contributed by atoms with Crippen LogP contribution in [0.3, 0.4) is 0 Å². The Balaban J connectivity index is 2.52. The second-order valence-electron chi connectivity index (χ2n) is 4.67. The first-order valence-electron chi connectivity index (χ1n) is 6.44. The van der Waals surface area contributed by atoms with Crippen molar-refractivity contribution in [1.82, 2.24) is 15.1 Å². The summed E-state index contributed by atoms with van der Waals surface area (Å²) in [6.45, 7) is 3.31. The van der Waals surface area contributed by atoms with Gasteiger partial charge in [-0.25, -0.2) is 4.79 Å². The molecule has 1 rings (SSSR count). The summed E-state index contributed by atoms with van der Waals surface area (Å²) in [5.74, 6) is -1.03. The monoisotopic (exact) mass is 271 g/mol. The second kappa shape index (κ2) is 6.96. The number of hydrogen-bond donors (Lipinski definition) is 2. The van der Waals surface area contributed by atoms with Crippen LogP contribution in [0.25, 0.3) is 0 Å². The molecule has 1 heterocycles. The number of carbonyl (C=O) groups excluding carboxylic acids is 2. The molecule has 3 amide bonds. The molecule has 0 saturated carbocycles. The fourth-order valence-electron chi connectivity index (χ4n) is 2.19. The van der Waals surface area contributed by atoms with Gasteiger partial charge in [-0.1, -0.05) is 0 Å². The lowest BCUT2D eigenvalue weighted by Gasteiger charge is -2.26. The molecule has 0 bridgehead atoms. The first kappa shape index (κ1) is 15.3. The molecule has 7 nitrogen and oxygen atoms in total. The zero-order valence-electron chi connectivity index (χ0n) is 11.4. The maximum Gasteiger partial charge on any atom is 0.320 e. The Labute approximate surface area is 112 Å². The summed E-state index contributed by atoms with van der Waals surface area (Å²) < 4.78 is 0. The average molecular weight is 271 g/mol. The van der Waals surface area contributed by atoms with E-state index in [-0.39, 0.29) is 30.8 Å². The Bertz CT molecular complexity index is 359. The highest BCUT2D eigenvalue weighted by atomic mass is 16.4. The zero-order chi connectivity index (χ0) is 14.4. The predicted molar refractivity (Wildman–Crippen MR) is 68.6 cm³/mol. The van der Waals surface area contributed by atoms with Gasteiger partial charge in [0.2, 0.25) is 5.91 Å². The van der Waals surface area contributed by atoms with Crippen LogP contribution in [0.1, 0.15) is 19.8 Å². The molecule has 7 heteroatoms. The maximum atomic E-state index is 12.2. The number of likely N-dealkylation sites (N-methyl/N-ethyl adjacent to an activating group) is 2. The molecule has 19 heavy (non-hydrogen) atoms. The highest BCUT2D eigenvalue weighted by Crippen LogP contribution is 2.20. The van der Waals surface area contributed by atoms with E-state index in [0.29, 0.717) is 26.1 Å². The van der Waals surface area contributed by atoms with Gasteiger partial charge in [0.1, 0.15) is 6.54 Å². The van der Waals surface area contributed by atoms with E-state index >= 15 is 0 Å². The Morgan fingerprint density at radius 1 is 1.42 bits per heavy atom. The van der Waals surface area contributed by atoms with Crippen molar-refractivity contribution in [2.24, 2.45) is 5.92 Å². The molecule has 1 unspecified atom stereocenters. The third-order valence-electron chi connectivity index (χ3n) is 3.29. The molecule has 1 fully saturated rings. The molecule has 0 spiro atoms. The maximum absolute atomic E-state index is 12.2. The lowest BCUT2D eigenvalue weighted by atomic mass is 10.1. The standard InChI is InChI=1S/C12H21N3O4/c1-3-14(8-10(16)13-2)12(19)15-5-4-9(7-15)6-11(17)18/h9H,3-8H2,1-2H3,(H,13,16)(H,17,18). The van der Waals surface area contributed by atoms with E-state index in [0.717, 1.165) is 0 Å². The van der Waals surface area contributed by atoms with Crippen LogP contribution in [0.5, 0.6) is 0 Å². The summed E-state index contributed by atoms with van der Waals surface area (Å²) >= 11 is 0. The molecule has 1 atom stereocenters. The summed E-state index contributed by atoms with van der Waals surface area (Å²) in [6.07, 6.45) is 0.793. The summed E-state index contributed by atoms with van der Waals surface area (Å²) in [5.41, 5.74) is 0. The third-order valence-corrected chi connectivity index (χ3v) is 3.29. The largest absolute Gasteiger partial charge is 0.481 e. The SMILES string of the molecule is CCN(CC(=O)NC)C(=O)N1CCC(CC(=O)O)C1. The van der Waals surface area contributed by atoms with Crippen LogP contribution in [0.15, 0.2) is 0 Å². The summed E-state index contributed by atoms with van der Waals surface area (Å²) in [5, 5.41) is 11.2. The lowest BCUT2D eigenvalue weighted by molar-refractivity contribution is -0.138. The average Bonchev–Trinajstić information content (AvgIpc) is 2.82.